The molecule has 0 radical (unpaired) electrons. The van der Waals surface area contributed by atoms with E-state index in [0.29, 0.717) is 5.78 Å². The van der Waals surface area contributed by atoms with Crippen molar-refractivity contribution < 1.29 is 4.79 Å². The Morgan fingerprint density at radius 2 is 1.59 bits per heavy atom. The Morgan fingerprint density at radius 1 is 1.09 bits per heavy atom. The van der Waals surface area contributed by atoms with Crippen LogP contribution in [0.25, 0.3) is 0 Å². The molecule has 0 aromatic rings. The fourth-order valence-electron chi connectivity index (χ4n) is 3.82. The van der Waals surface area contributed by atoms with E-state index in [9.17, 15) is 4.79 Å². The van der Waals surface area contributed by atoms with Crippen LogP contribution in [0.5, 0.6) is 0 Å². The number of rotatable bonds is 11. The first-order valence-electron chi connectivity index (χ1n) is 9.53. The van der Waals surface area contributed by atoms with Crippen molar-refractivity contribution in [3.8, 4) is 0 Å². The van der Waals surface area contributed by atoms with Gasteiger partial charge in [-0.1, -0.05) is 0 Å². The first-order chi connectivity index (χ1) is 10.6. The monoisotopic (exact) mass is 415 g/mol. The zero-order valence-corrected chi connectivity index (χ0v) is 18.2. The van der Waals surface area contributed by atoms with Crippen LogP contribution >= 0.6 is 0 Å². The summed E-state index contributed by atoms with van der Waals surface area (Å²) in [7, 11) is 0. The van der Waals surface area contributed by atoms with Gasteiger partial charge < -0.3 is 0 Å². The van der Waals surface area contributed by atoms with Gasteiger partial charge in [-0.3, -0.25) is 0 Å². The summed E-state index contributed by atoms with van der Waals surface area (Å²) >= 11 is -2.26. The molecule has 1 aliphatic rings. The Morgan fingerprint density at radius 3 is 2.00 bits per heavy atom. The second-order valence-corrected chi connectivity index (χ2v) is 20.5. The maximum atomic E-state index is 11.8. The number of carbonyl (C=O) groups excluding carboxylic acids is 1. The molecular weight excluding hydrogens is 377 g/mol. The Hall–Kier alpha value is 0.169. The van der Waals surface area contributed by atoms with Crippen molar-refractivity contribution in [3.05, 3.63) is 9.67 Å². The van der Waals surface area contributed by atoms with Gasteiger partial charge >= 0.3 is 142 Å². The first kappa shape index (κ1) is 20.2. The molecule has 0 saturated heterocycles. The Balaban J connectivity index is 2.97. The van der Waals surface area contributed by atoms with Crippen LogP contribution in [0.2, 0.25) is 13.3 Å². The van der Waals surface area contributed by atoms with Crippen LogP contribution in [-0.4, -0.2) is 36.7 Å². The van der Waals surface area contributed by atoms with E-state index in [1.807, 2.05) is 0 Å². The van der Waals surface area contributed by atoms with Gasteiger partial charge in [-0.2, -0.15) is 0 Å². The molecule has 0 fully saturated rings. The first-order valence-corrected chi connectivity index (χ1v) is 17.0. The van der Waals surface area contributed by atoms with Crippen LogP contribution in [0.3, 0.4) is 0 Å². The van der Waals surface area contributed by atoms with Gasteiger partial charge in [0.15, 0.2) is 0 Å². The predicted octanol–water partition coefficient (Wildman–Crippen LogP) is 5.25. The van der Waals surface area contributed by atoms with Crippen molar-refractivity contribution in [3.63, 3.8) is 0 Å². The van der Waals surface area contributed by atoms with Gasteiger partial charge in [0.1, 0.15) is 0 Å². The molecule has 1 unspecified atom stereocenters. The number of unbranched alkanes of at least 4 members (excludes halogenated alkanes) is 3. The Labute approximate surface area is 142 Å². The fourth-order valence-corrected chi connectivity index (χ4v) is 20.9. The summed E-state index contributed by atoms with van der Waals surface area (Å²) in [6.07, 6.45) is 11.7. The third-order valence-corrected chi connectivity index (χ3v) is 21.6. The number of Topliss-reactive ketones (excluding diaryl/α,β-unsaturated/α-hetero) is 1. The Bertz CT molecular complexity index is 343. The second-order valence-electron chi connectivity index (χ2n) is 7.10. The molecule has 0 bridgehead atoms. The molecule has 1 rings (SSSR count). The number of ketones is 1. The van der Waals surface area contributed by atoms with Crippen molar-refractivity contribution in [2.75, 3.05) is 6.54 Å². The average Bonchev–Trinajstić information content (AvgIpc) is 2.54. The molecule has 2 nitrogen and oxygen atoms in total. The maximum absolute atomic E-state index is 11.8. The number of carbonyl (C=O) groups is 1. The standard InChI is InChI=1S/C7H10NO.3C4H9.Sn/c1-6(9)7-4-2-3-5-8-7;3*1-3-4-2;/h3,7-8H,4-5H2,1H3;3*1,3-4H2,2H3;. The van der Waals surface area contributed by atoms with E-state index in [2.05, 4.69) is 32.2 Å². The second kappa shape index (κ2) is 10.9. The van der Waals surface area contributed by atoms with E-state index in [0.717, 1.165) is 13.0 Å². The summed E-state index contributed by atoms with van der Waals surface area (Å²) in [5.41, 5.74) is 0. The normalized spacial score (nSPS) is 19.1. The van der Waals surface area contributed by atoms with Crippen LogP contribution in [0.15, 0.2) is 9.67 Å². The van der Waals surface area contributed by atoms with Crippen LogP contribution in [0, 0.1) is 0 Å². The van der Waals surface area contributed by atoms with Gasteiger partial charge in [0, 0.05) is 0 Å². The van der Waals surface area contributed by atoms with E-state index in [1.165, 1.54) is 51.8 Å². The molecule has 0 amide bonds. The molecule has 1 N–H and O–H groups in total. The number of nitrogens with one attached hydrogen (secondary N) is 1. The number of hydrogen-bond acceptors (Lipinski definition) is 2. The van der Waals surface area contributed by atoms with Gasteiger partial charge in [0.05, 0.1) is 0 Å². The van der Waals surface area contributed by atoms with Gasteiger partial charge in [-0.25, -0.2) is 0 Å². The van der Waals surface area contributed by atoms with E-state index < -0.39 is 18.4 Å². The molecule has 1 heterocycles. The van der Waals surface area contributed by atoms with Crippen molar-refractivity contribution in [2.45, 2.75) is 92.0 Å². The van der Waals surface area contributed by atoms with Crippen LogP contribution < -0.4 is 5.32 Å². The third-order valence-electron chi connectivity index (χ3n) is 5.34. The average molecular weight is 414 g/mol. The van der Waals surface area contributed by atoms with Gasteiger partial charge in [0.25, 0.3) is 0 Å². The van der Waals surface area contributed by atoms with Crippen LogP contribution in [-0.2, 0) is 4.79 Å². The summed E-state index contributed by atoms with van der Waals surface area (Å²) in [6.45, 7) is 9.65. The molecular formula is C19H37NOSn. The SMILES string of the molecule is CCC[CH2][Sn]([CH2]CCC)([CH2]CCC)[C]1=CCNC(C(C)=O)C1. The fraction of sp³-hybridized carbons (Fsp3) is 0.842. The number of hydrogen-bond donors (Lipinski definition) is 1. The van der Waals surface area contributed by atoms with E-state index in [1.54, 1.807) is 10.5 Å². The molecule has 1 aliphatic heterocycles. The summed E-state index contributed by atoms with van der Waals surface area (Å²) in [5, 5.41) is 3.40. The Kier molecular flexibility index (Phi) is 9.97. The molecule has 1 atom stereocenters. The van der Waals surface area contributed by atoms with Crippen molar-refractivity contribution >= 4 is 24.2 Å². The van der Waals surface area contributed by atoms with Crippen LogP contribution in [0.1, 0.15) is 72.6 Å². The van der Waals surface area contributed by atoms with Crippen molar-refractivity contribution in [1.29, 1.82) is 0 Å². The topological polar surface area (TPSA) is 29.1 Å². The third kappa shape index (κ3) is 5.99. The molecule has 22 heavy (non-hydrogen) atoms. The van der Waals surface area contributed by atoms with E-state index >= 15 is 0 Å². The molecule has 0 aromatic carbocycles. The quantitative estimate of drug-likeness (QED) is 0.468. The minimum atomic E-state index is -2.26. The summed E-state index contributed by atoms with van der Waals surface area (Å²) in [6, 6.07) is 0.0981. The zero-order chi connectivity index (χ0) is 16.4. The van der Waals surface area contributed by atoms with Crippen LogP contribution in [0.4, 0.5) is 0 Å². The molecule has 0 aromatic heterocycles. The predicted molar refractivity (Wildman–Crippen MR) is 100 cm³/mol. The zero-order valence-electron chi connectivity index (χ0n) is 15.3. The molecule has 0 aliphatic carbocycles. The van der Waals surface area contributed by atoms with E-state index in [4.69, 9.17) is 0 Å². The van der Waals surface area contributed by atoms with Crippen molar-refractivity contribution in [1.82, 2.24) is 5.32 Å². The van der Waals surface area contributed by atoms with Crippen molar-refractivity contribution in [2.24, 2.45) is 0 Å². The summed E-state index contributed by atoms with van der Waals surface area (Å²) < 4.78 is 6.34. The molecule has 0 spiro atoms. The minimum absolute atomic E-state index is 0.0981. The van der Waals surface area contributed by atoms with Gasteiger partial charge in [0.2, 0.25) is 0 Å². The van der Waals surface area contributed by atoms with E-state index in [-0.39, 0.29) is 6.04 Å². The molecule has 3 heteroatoms. The molecule has 0 saturated carbocycles. The van der Waals surface area contributed by atoms with Gasteiger partial charge in [-0.05, 0) is 0 Å². The van der Waals surface area contributed by atoms with Gasteiger partial charge in [-0.15, -0.1) is 0 Å². The molecule has 128 valence electrons. The summed E-state index contributed by atoms with van der Waals surface area (Å²) in [5.74, 6) is 0.326. The summed E-state index contributed by atoms with van der Waals surface area (Å²) in [4.78, 5) is 11.8.